The molecular formula is C18H17NO4S2. The number of thioether (sulfide) groups is 1. The molecule has 0 aromatic heterocycles. The van der Waals surface area contributed by atoms with Crippen LogP contribution in [-0.2, 0) is 9.59 Å². The molecule has 1 N–H and O–H groups in total. The Bertz CT molecular complexity index is 813. The van der Waals surface area contributed by atoms with Crippen LogP contribution in [0.1, 0.15) is 19.4 Å². The van der Waals surface area contributed by atoms with Crippen molar-refractivity contribution >= 4 is 46.3 Å². The fraction of sp³-hybridized carbons (Fsp3) is 0.278. The van der Waals surface area contributed by atoms with Gasteiger partial charge in [0.15, 0.2) is 0 Å². The van der Waals surface area contributed by atoms with Gasteiger partial charge in [0.1, 0.15) is 22.7 Å². The van der Waals surface area contributed by atoms with E-state index >= 15 is 0 Å². The number of carboxylic acid groups (broad SMARTS) is 1. The van der Waals surface area contributed by atoms with Gasteiger partial charge in [0, 0.05) is 5.56 Å². The van der Waals surface area contributed by atoms with Gasteiger partial charge in [-0.1, -0.05) is 56.0 Å². The van der Waals surface area contributed by atoms with E-state index in [-0.39, 0.29) is 16.1 Å². The third kappa shape index (κ3) is 3.48. The van der Waals surface area contributed by atoms with Crippen molar-refractivity contribution in [3.8, 4) is 5.75 Å². The number of benzene rings is 1. The van der Waals surface area contributed by atoms with Gasteiger partial charge in [-0.2, -0.15) is 0 Å². The van der Waals surface area contributed by atoms with E-state index in [4.69, 9.17) is 17.0 Å². The molecule has 5 nitrogen and oxygen atoms in total. The second-order valence-corrected chi connectivity index (χ2v) is 7.80. The van der Waals surface area contributed by atoms with Crippen LogP contribution in [0.15, 0.2) is 40.8 Å². The van der Waals surface area contributed by atoms with Crippen LogP contribution < -0.4 is 4.74 Å². The van der Waals surface area contributed by atoms with E-state index < -0.39 is 12.0 Å². The maximum absolute atomic E-state index is 12.7. The Hall–Kier alpha value is -2.12. The Morgan fingerprint density at radius 3 is 2.80 bits per heavy atom. The summed E-state index contributed by atoms with van der Waals surface area (Å²) in [6.45, 7) is 3.87. The largest absolute Gasteiger partial charge is 0.488 e. The number of rotatable bonds is 4. The summed E-state index contributed by atoms with van der Waals surface area (Å²) in [5.74, 6) is -0.862. The van der Waals surface area contributed by atoms with E-state index in [0.29, 0.717) is 11.5 Å². The lowest BCUT2D eigenvalue weighted by Crippen LogP contribution is -2.47. The van der Waals surface area contributed by atoms with Gasteiger partial charge in [0.05, 0.1) is 4.91 Å². The molecule has 1 amide bonds. The van der Waals surface area contributed by atoms with Crippen molar-refractivity contribution in [3.05, 3.63) is 46.4 Å². The molecule has 2 aliphatic heterocycles. The van der Waals surface area contributed by atoms with Crippen LogP contribution in [0.5, 0.6) is 5.75 Å². The second kappa shape index (κ2) is 7.01. The van der Waals surface area contributed by atoms with E-state index in [9.17, 15) is 14.7 Å². The molecular weight excluding hydrogens is 358 g/mol. The molecule has 130 valence electrons. The van der Waals surface area contributed by atoms with E-state index in [1.807, 2.05) is 30.3 Å². The number of carbonyl (C=O) groups is 2. The molecule has 0 bridgehead atoms. The Labute approximate surface area is 155 Å². The molecule has 0 saturated carbocycles. The van der Waals surface area contributed by atoms with Crippen LogP contribution in [0.2, 0.25) is 0 Å². The second-order valence-electron chi connectivity index (χ2n) is 6.12. The van der Waals surface area contributed by atoms with Gasteiger partial charge in [0.2, 0.25) is 0 Å². The van der Waals surface area contributed by atoms with Crippen LogP contribution in [0.3, 0.4) is 0 Å². The van der Waals surface area contributed by atoms with Crippen molar-refractivity contribution in [1.82, 2.24) is 4.90 Å². The van der Waals surface area contributed by atoms with Crippen molar-refractivity contribution in [2.75, 3.05) is 6.61 Å². The first-order valence-corrected chi connectivity index (χ1v) is 9.03. The smallest absolute Gasteiger partial charge is 0.327 e. The predicted molar refractivity (Wildman–Crippen MR) is 101 cm³/mol. The highest BCUT2D eigenvalue weighted by Crippen LogP contribution is 2.36. The first-order chi connectivity index (χ1) is 11.9. The number of aliphatic carboxylic acids is 1. The fourth-order valence-corrected chi connectivity index (χ4v) is 4.14. The Kier molecular flexibility index (Phi) is 4.96. The average Bonchev–Trinajstić information content (AvgIpc) is 2.82. The standard InChI is InChI=1S/C18H17NO4S2/c1-10(2)15(17(21)22)19-16(20)14(25-18(19)24)8-11-7-12-5-3-4-6-13(12)23-9-11/h3-8,10,15H,9H2,1-2H3,(H,21,22). The molecule has 0 spiro atoms. The lowest BCUT2D eigenvalue weighted by molar-refractivity contribution is -0.146. The van der Waals surface area contributed by atoms with Gasteiger partial charge in [-0.05, 0) is 29.7 Å². The number of para-hydroxylation sites is 1. The maximum Gasteiger partial charge on any atom is 0.327 e. The molecule has 2 heterocycles. The summed E-state index contributed by atoms with van der Waals surface area (Å²) in [7, 11) is 0. The van der Waals surface area contributed by atoms with Crippen LogP contribution in [0, 0.1) is 5.92 Å². The minimum atomic E-state index is -1.05. The summed E-state index contributed by atoms with van der Waals surface area (Å²) in [5.41, 5.74) is 1.79. The minimum Gasteiger partial charge on any atom is -0.488 e. The number of fused-ring (bicyclic) bond motifs is 1. The maximum atomic E-state index is 12.7. The van der Waals surface area contributed by atoms with Crippen molar-refractivity contribution in [2.24, 2.45) is 5.92 Å². The zero-order valence-electron chi connectivity index (χ0n) is 13.8. The van der Waals surface area contributed by atoms with E-state index in [1.54, 1.807) is 19.9 Å². The molecule has 1 aromatic rings. The number of thiocarbonyl (C=S) groups is 1. The van der Waals surface area contributed by atoms with Crippen molar-refractivity contribution < 1.29 is 19.4 Å². The lowest BCUT2D eigenvalue weighted by atomic mass is 10.0. The zero-order valence-corrected chi connectivity index (χ0v) is 15.4. The normalized spacial score (nSPS) is 19.7. The minimum absolute atomic E-state index is 0.247. The number of carboxylic acids is 1. The fourth-order valence-electron chi connectivity index (χ4n) is 2.80. The molecule has 2 aliphatic rings. The van der Waals surface area contributed by atoms with Gasteiger partial charge in [0.25, 0.3) is 5.91 Å². The van der Waals surface area contributed by atoms with Crippen LogP contribution in [0.25, 0.3) is 6.08 Å². The van der Waals surface area contributed by atoms with Gasteiger partial charge in [-0.25, -0.2) is 4.79 Å². The van der Waals surface area contributed by atoms with Crippen LogP contribution >= 0.6 is 24.0 Å². The highest BCUT2D eigenvalue weighted by atomic mass is 32.2. The van der Waals surface area contributed by atoms with Crippen LogP contribution in [-0.4, -0.2) is 38.9 Å². The molecule has 1 fully saturated rings. The van der Waals surface area contributed by atoms with Gasteiger partial charge >= 0.3 is 5.97 Å². The molecule has 7 heteroatoms. The highest BCUT2D eigenvalue weighted by molar-refractivity contribution is 8.26. The monoisotopic (exact) mass is 375 g/mol. The van der Waals surface area contributed by atoms with Gasteiger partial charge in [-0.15, -0.1) is 0 Å². The SMILES string of the molecule is CC(C)C(C(=O)O)N1C(=O)C(=CC2=Cc3ccccc3OC2)SC1=S. The predicted octanol–water partition coefficient (Wildman–Crippen LogP) is 3.32. The highest BCUT2D eigenvalue weighted by Gasteiger charge is 2.42. The molecule has 0 aliphatic carbocycles. The first-order valence-electron chi connectivity index (χ1n) is 7.80. The summed E-state index contributed by atoms with van der Waals surface area (Å²) in [4.78, 5) is 25.9. The van der Waals surface area contributed by atoms with E-state index in [2.05, 4.69) is 0 Å². The first kappa shape index (κ1) is 17.7. The summed E-state index contributed by atoms with van der Waals surface area (Å²) in [6.07, 6.45) is 3.69. The molecule has 1 saturated heterocycles. The quantitative estimate of drug-likeness (QED) is 0.643. The number of nitrogens with zero attached hydrogens (tertiary/aromatic N) is 1. The Balaban J connectivity index is 1.89. The Morgan fingerprint density at radius 1 is 1.40 bits per heavy atom. The number of hydrogen-bond donors (Lipinski definition) is 1. The van der Waals surface area contributed by atoms with Crippen molar-refractivity contribution in [3.63, 3.8) is 0 Å². The van der Waals surface area contributed by atoms with Gasteiger partial charge in [-0.3, -0.25) is 9.69 Å². The molecule has 0 radical (unpaired) electrons. The third-order valence-corrected chi connectivity index (χ3v) is 5.29. The number of amides is 1. The lowest BCUT2D eigenvalue weighted by Gasteiger charge is -2.26. The Morgan fingerprint density at radius 2 is 2.12 bits per heavy atom. The van der Waals surface area contributed by atoms with E-state index in [0.717, 1.165) is 28.6 Å². The van der Waals surface area contributed by atoms with Crippen LogP contribution in [0.4, 0.5) is 0 Å². The summed E-state index contributed by atoms with van der Waals surface area (Å²) < 4.78 is 5.96. The van der Waals surface area contributed by atoms with Crippen molar-refractivity contribution in [2.45, 2.75) is 19.9 Å². The molecule has 1 atom stereocenters. The number of ether oxygens (including phenoxy) is 1. The van der Waals surface area contributed by atoms with E-state index in [1.165, 1.54) is 4.90 Å². The summed E-state index contributed by atoms with van der Waals surface area (Å²) >= 11 is 6.38. The third-order valence-electron chi connectivity index (χ3n) is 3.96. The molecule has 1 unspecified atom stereocenters. The van der Waals surface area contributed by atoms with Crippen molar-refractivity contribution in [1.29, 1.82) is 0 Å². The average molecular weight is 375 g/mol. The number of hydrogen-bond acceptors (Lipinski definition) is 5. The number of carbonyl (C=O) groups excluding carboxylic acids is 1. The molecule has 1 aromatic carbocycles. The molecule has 3 rings (SSSR count). The van der Waals surface area contributed by atoms with Gasteiger partial charge < -0.3 is 9.84 Å². The summed E-state index contributed by atoms with van der Waals surface area (Å²) in [5, 5.41) is 9.44. The topological polar surface area (TPSA) is 66.8 Å². The molecule has 25 heavy (non-hydrogen) atoms. The summed E-state index contributed by atoms with van der Waals surface area (Å²) in [6, 6.07) is 6.69. The zero-order chi connectivity index (χ0) is 18.1.